The zero-order chi connectivity index (χ0) is 38.2. The number of nitrogens with zero attached hydrogens (tertiary/aromatic N) is 1. The number of nitrogens with two attached hydrogens (primary N) is 1. The number of amides is 6. The molecule has 0 spiro atoms. The van der Waals surface area contributed by atoms with Crippen molar-refractivity contribution >= 4 is 41.4 Å². The van der Waals surface area contributed by atoms with E-state index in [-0.39, 0.29) is 30.9 Å². The SMILES string of the molecule is CC(C)C[C@H](NC(=O)CNC(=O)[C@H](Cc1ccc(O)cc1)NC(=O)[C@@H](NC(=O)CNC(=O)[C@H](C)NC(=O)[C@@H](N)Cc1cnc[nH]1)[C@@H](C)O)C(=O)O. The number of carbonyl (C=O) groups is 7. The molecular formula is C32H47N9O10. The van der Waals surface area contributed by atoms with E-state index < -0.39 is 90.8 Å². The topological polar surface area (TPSA) is 307 Å². The highest BCUT2D eigenvalue weighted by atomic mass is 16.4. The second kappa shape index (κ2) is 20.2. The molecule has 19 heteroatoms. The molecule has 0 unspecified atom stereocenters. The molecule has 0 aliphatic heterocycles. The van der Waals surface area contributed by atoms with Gasteiger partial charge in [0.15, 0.2) is 0 Å². The number of aromatic nitrogens is 2. The molecule has 2 rings (SSSR count). The first-order valence-electron chi connectivity index (χ1n) is 16.1. The van der Waals surface area contributed by atoms with Crippen molar-refractivity contribution in [2.24, 2.45) is 11.7 Å². The smallest absolute Gasteiger partial charge is 0.326 e. The molecule has 6 amide bonds. The quantitative estimate of drug-likeness (QED) is 0.0650. The van der Waals surface area contributed by atoms with Gasteiger partial charge in [-0.25, -0.2) is 9.78 Å². The van der Waals surface area contributed by atoms with Gasteiger partial charge in [-0.3, -0.25) is 28.8 Å². The first kappa shape index (κ1) is 41.6. The molecule has 12 N–H and O–H groups in total. The fourth-order valence-electron chi connectivity index (χ4n) is 4.63. The summed E-state index contributed by atoms with van der Waals surface area (Å²) in [4.78, 5) is 94.7. The van der Waals surface area contributed by atoms with Crippen LogP contribution in [-0.2, 0) is 46.4 Å². The van der Waals surface area contributed by atoms with Gasteiger partial charge in [-0.05, 0) is 43.9 Å². The number of aliphatic hydroxyl groups is 1. The van der Waals surface area contributed by atoms with E-state index in [1.165, 1.54) is 50.6 Å². The first-order chi connectivity index (χ1) is 24.0. The Hall–Kier alpha value is -5.56. The largest absolute Gasteiger partial charge is 0.508 e. The van der Waals surface area contributed by atoms with Crippen LogP contribution in [-0.4, -0.2) is 116 Å². The van der Waals surface area contributed by atoms with Crippen LogP contribution in [0.25, 0.3) is 0 Å². The highest BCUT2D eigenvalue weighted by Gasteiger charge is 2.31. The number of carboxylic acids is 1. The molecule has 0 saturated heterocycles. The van der Waals surface area contributed by atoms with E-state index in [1.807, 2.05) is 0 Å². The normalized spacial score (nSPS) is 14.5. The monoisotopic (exact) mass is 717 g/mol. The number of phenolic OH excluding ortho intramolecular Hbond substituents is 1. The predicted molar refractivity (Wildman–Crippen MR) is 180 cm³/mol. The minimum atomic E-state index is -1.60. The summed E-state index contributed by atoms with van der Waals surface area (Å²) >= 11 is 0. The molecule has 19 nitrogen and oxygen atoms in total. The van der Waals surface area contributed by atoms with Crippen LogP contribution in [0.4, 0.5) is 0 Å². The van der Waals surface area contributed by atoms with Crippen LogP contribution in [0.5, 0.6) is 5.75 Å². The van der Waals surface area contributed by atoms with Gasteiger partial charge in [0, 0.05) is 24.7 Å². The maximum atomic E-state index is 13.3. The lowest BCUT2D eigenvalue weighted by atomic mass is 10.0. The maximum Gasteiger partial charge on any atom is 0.326 e. The van der Waals surface area contributed by atoms with E-state index in [0.717, 1.165) is 0 Å². The number of nitrogens with one attached hydrogen (secondary N) is 7. The Morgan fingerprint density at radius 1 is 0.784 bits per heavy atom. The van der Waals surface area contributed by atoms with Crippen molar-refractivity contribution in [1.82, 2.24) is 41.9 Å². The number of phenols is 1. The fraction of sp³-hybridized carbons (Fsp3) is 0.500. The van der Waals surface area contributed by atoms with E-state index >= 15 is 0 Å². The Balaban J connectivity index is 2.02. The molecule has 280 valence electrons. The summed E-state index contributed by atoms with van der Waals surface area (Å²) in [7, 11) is 0. The predicted octanol–water partition coefficient (Wildman–Crippen LogP) is -3.07. The van der Waals surface area contributed by atoms with E-state index in [0.29, 0.717) is 11.3 Å². The van der Waals surface area contributed by atoms with Crippen molar-refractivity contribution < 1.29 is 48.9 Å². The van der Waals surface area contributed by atoms with E-state index in [9.17, 15) is 48.9 Å². The lowest BCUT2D eigenvalue weighted by molar-refractivity contribution is -0.142. The van der Waals surface area contributed by atoms with Gasteiger partial charge in [-0.1, -0.05) is 26.0 Å². The lowest BCUT2D eigenvalue weighted by Crippen LogP contribution is -2.59. The number of aromatic hydroxyl groups is 1. The van der Waals surface area contributed by atoms with E-state index in [2.05, 4.69) is 41.9 Å². The highest BCUT2D eigenvalue weighted by Crippen LogP contribution is 2.12. The summed E-state index contributed by atoms with van der Waals surface area (Å²) < 4.78 is 0. The Morgan fingerprint density at radius 2 is 1.39 bits per heavy atom. The Morgan fingerprint density at radius 3 is 1.94 bits per heavy atom. The number of hydrogen-bond donors (Lipinski definition) is 11. The molecule has 51 heavy (non-hydrogen) atoms. The van der Waals surface area contributed by atoms with Crippen molar-refractivity contribution in [2.75, 3.05) is 13.1 Å². The van der Waals surface area contributed by atoms with Crippen LogP contribution in [0.2, 0.25) is 0 Å². The van der Waals surface area contributed by atoms with E-state index in [1.54, 1.807) is 13.8 Å². The van der Waals surface area contributed by atoms with Crippen LogP contribution in [0.3, 0.4) is 0 Å². The standard InChI is InChI=1S/C32H47N9O10/c1-16(2)9-24(32(50)51)39-25(44)13-36-30(48)23(10-19-5-7-21(43)8-6-19)40-31(49)27(18(4)42)41-26(45)14-35-28(46)17(3)38-29(47)22(33)11-20-12-34-15-37-20/h5-8,12,15-18,22-24,27,42-43H,9-11,13-14,33H2,1-4H3,(H,34,37)(H,35,46)(H,36,48)(H,38,47)(H,39,44)(H,40,49)(H,41,45)(H,50,51)/t17-,18+,22-,23-,24-,27-/m0/s1. The summed E-state index contributed by atoms with van der Waals surface area (Å²) in [6.45, 7) is 4.89. The molecule has 0 fully saturated rings. The van der Waals surface area contributed by atoms with Crippen LogP contribution in [0.1, 0.15) is 45.4 Å². The molecular weight excluding hydrogens is 670 g/mol. The van der Waals surface area contributed by atoms with Gasteiger partial charge in [-0.15, -0.1) is 0 Å². The number of hydrogen-bond acceptors (Lipinski definition) is 11. The van der Waals surface area contributed by atoms with Gasteiger partial charge in [0.25, 0.3) is 0 Å². The van der Waals surface area contributed by atoms with Crippen molar-refractivity contribution in [2.45, 2.75) is 83.3 Å². The number of carbonyl (C=O) groups excluding carboxylic acids is 6. The molecule has 2 aromatic rings. The Bertz CT molecular complexity index is 1500. The molecule has 0 aliphatic carbocycles. The second-order valence-corrected chi connectivity index (χ2v) is 12.4. The molecule has 0 bridgehead atoms. The number of imidazole rings is 1. The van der Waals surface area contributed by atoms with Crippen molar-refractivity contribution in [3.8, 4) is 5.75 Å². The summed E-state index contributed by atoms with van der Waals surface area (Å²) in [6.07, 6.45) is 1.61. The molecule has 6 atom stereocenters. The van der Waals surface area contributed by atoms with Gasteiger partial charge in [0.2, 0.25) is 35.4 Å². The van der Waals surface area contributed by atoms with Gasteiger partial charge < -0.3 is 57.9 Å². The first-order valence-corrected chi connectivity index (χ1v) is 16.1. The number of benzene rings is 1. The van der Waals surface area contributed by atoms with Crippen LogP contribution < -0.4 is 37.6 Å². The number of aliphatic hydroxyl groups excluding tert-OH is 1. The Labute approximate surface area is 293 Å². The zero-order valence-electron chi connectivity index (χ0n) is 28.8. The maximum absolute atomic E-state index is 13.3. The van der Waals surface area contributed by atoms with Crippen LogP contribution >= 0.6 is 0 Å². The molecule has 1 aromatic heterocycles. The highest BCUT2D eigenvalue weighted by molar-refractivity contribution is 5.95. The summed E-state index contributed by atoms with van der Waals surface area (Å²) in [5.74, 6) is -6.18. The van der Waals surface area contributed by atoms with Gasteiger partial charge in [0.1, 0.15) is 29.9 Å². The second-order valence-electron chi connectivity index (χ2n) is 12.4. The van der Waals surface area contributed by atoms with Gasteiger partial charge in [0.05, 0.1) is 31.6 Å². The average Bonchev–Trinajstić information content (AvgIpc) is 3.57. The summed E-state index contributed by atoms with van der Waals surface area (Å²) in [5, 5.41) is 43.5. The average molecular weight is 718 g/mol. The van der Waals surface area contributed by atoms with E-state index in [4.69, 9.17) is 5.73 Å². The molecule has 0 radical (unpaired) electrons. The Kier molecular flexibility index (Phi) is 16.5. The zero-order valence-corrected chi connectivity index (χ0v) is 28.8. The molecule has 0 saturated carbocycles. The van der Waals surface area contributed by atoms with Crippen LogP contribution in [0, 0.1) is 5.92 Å². The number of H-pyrrole nitrogens is 1. The molecule has 1 heterocycles. The van der Waals surface area contributed by atoms with Crippen molar-refractivity contribution in [3.63, 3.8) is 0 Å². The molecule has 0 aliphatic rings. The summed E-state index contributed by atoms with van der Waals surface area (Å²) in [6, 6.07) is -0.507. The van der Waals surface area contributed by atoms with Crippen LogP contribution in [0.15, 0.2) is 36.8 Å². The number of aliphatic carboxylic acids is 1. The minimum Gasteiger partial charge on any atom is -0.508 e. The number of aromatic amines is 1. The third-order valence-electron chi connectivity index (χ3n) is 7.36. The van der Waals surface area contributed by atoms with Crippen molar-refractivity contribution in [1.29, 1.82) is 0 Å². The lowest BCUT2D eigenvalue weighted by Gasteiger charge is -2.25. The van der Waals surface area contributed by atoms with Gasteiger partial charge >= 0.3 is 5.97 Å². The third kappa shape index (κ3) is 14.8. The summed E-state index contributed by atoms with van der Waals surface area (Å²) in [5.41, 5.74) is 6.98. The fourth-order valence-corrected chi connectivity index (χ4v) is 4.63. The minimum absolute atomic E-state index is 0.0380. The number of carboxylic acid groups (broad SMARTS) is 1. The third-order valence-corrected chi connectivity index (χ3v) is 7.36. The molecule has 1 aromatic carbocycles. The van der Waals surface area contributed by atoms with Crippen molar-refractivity contribution in [3.05, 3.63) is 48.0 Å². The number of rotatable bonds is 20. The van der Waals surface area contributed by atoms with Gasteiger partial charge in [-0.2, -0.15) is 0 Å².